The van der Waals surface area contributed by atoms with Gasteiger partial charge in [0.05, 0.1) is 0 Å². The molecule has 0 aliphatic carbocycles. The summed E-state index contributed by atoms with van der Waals surface area (Å²) in [4.78, 5) is 10.4. The minimum Gasteiger partial charge on any atom is -0.373 e. The Balaban J connectivity index is 2.23. The molecule has 1 N–H and O–H groups in total. The molecule has 19 heavy (non-hydrogen) atoms. The first-order valence-electron chi connectivity index (χ1n) is 6.06. The van der Waals surface area contributed by atoms with Gasteiger partial charge in [-0.05, 0) is 24.6 Å². The maximum absolute atomic E-state index is 13.2. The maximum Gasteiger partial charge on any atom is 0.137 e. The van der Waals surface area contributed by atoms with Crippen molar-refractivity contribution in [3.63, 3.8) is 0 Å². The zero-order valence-corrected chi connectivity index (χ0v) is 11.3. The molecule has 1 aromatic carbocycles. The van der Waals surface area contributed by atoms with Crippen LogP contribution >= 0.6 is 0 Å². The molecule has 0 bridgehead atoms. The van der Waals surface area contributed by atoms with E-state index in [2.05, 4.69) is 15.3 Å². The predicted molar refractivity (Wildman–Crippen MR) is 74.8 cm³/mol. The Morgan fingerprint density at radius 3 is 2.79 bits per heavy atom. The molecule has 0 aliphatic heterocycles. The topological polar surface area (TPSA) is 41.1 Å². The maximum atomic E-state index is 13.2. The summed E-state index contributed by atoms with van der Waals surface area (Å²) in [5.74, 6) is 1.42. The lowest BCUT2D eigenvalue weighted by Crippen LogP contribution is -2.19. The van der Waals surface area contributed by atoms with E-state index in [4.69, 9.17) is 0 Å². The summed E-state index contributed by atoms with van der Waals surface area (Å²) in [5.41, 5.74) is 1.88. The fraction of sp³-hybridized carbons (Fsp3) is 0.286. The molecular weight excluding hydrogens is 243 g/mol. The smallest absolute Gasteiger partial charge is 0.137 e. The summed E-state index contributed by atoms with van der Waals surface area (Å²) < 4.78 is 13.2. The van der Waals surface area contributed by atoms with Crippen LogP contribution in [0, 0.1) is 12.7 Å². The van der Waals surface area contributed by atoms with Crippen LogP contribution in [-0.2, 0) is 6.54 Å². The SMILES string of the molecule is CNc1ncnc(N(C)Cc2cccc(F)c2)c1C. The summed E-state index contributed by atoms with van der Waals surface area (Å²) in [6.45, 7) is 2.56. The molecule has 1 aromatic heterocycles. The number of hydrogen-bond donors (Lipinski definition) is 1. The molecule has 2 aromatic rings. The van der Waals surface area contributed by atoms with Crippen molar-refractivity contribution in [3.05, 3.63) is 47.5 Å². The molecule has 100 valence electrons. The number of rotatable bonds is 4. The molecule has 2 rings (SSSR count). The van der Waals surface area contributed by atoms with Gasteiger partial charge < -0.3 is 10.2 Å². The van der Waals surface area contributed by atoms with E-state index < -0.39 is 0 Å². The fourth-order valence-electron chi connectivity index (χ4n) is 2.06. The Kier molecular flexibility index (Phi) is 3.94. The van der Waals surface area contributed by atoms with Crippen LogP contribution in [0.2, 0.25) is 0 Å². The molecule has 0 radical (unpaired) electrons. The number of nitrogens with one attached hydrogen (secondary N) is 1. The van der Waals surface area contributed by atoms with Crippen LogP contribution in [0.4, 0.5) is 16.0 Å². The van der Waals surface area contributed by atoms with Crippen molar-refractivity contribution >= 4 is 11.6 Å². The van der Waals surface area contributed by atoms with E-state index in [1.165, 1.54) is 18.5 Å². The molecule has 0 saturated carbocycles. The van der Waals surface area contributed by atoms with Gasteiger partial charge in [0, 0.05) is 26.2 Å². The van der Waals surface area contributed by atoms with Crippen molar-refractivity contribution < 1.29 is 4.39 Å². The van der Waals surface area contributed by atoms with Gasteiger partial charge >= 0.3 is 0 Å². The van der Waals surface area contributed by atoms with Crippen molar-refractivity contribution in [3.8, 4) is 0 Å². The fourth-order valence-corrected chi connectivity index (χ4v) is 2.06. The van der Waals surface area contributed by atoms with E-state index in [1.54, 1.807) is 6.07 Å². The third-order valence-electron chi connectivity index (χ3n) is 2.96. The van der Waals surface area contributed by atoms with Crippen LogP contribution in [0.3, 0.4) is 0 Å². The first-order chi connectivity index (χ1) is 9.11. The van der Waals surface area contributed by atoms with Crippen LogP contribution < -0.4 is 10.2 Å². The average molecular weight is 260 g/mol. The van der Waals surface area contributed by atoms with E-state index in [-0.39, 0.29) is 5.82 Å². The number of anilines is 2. The highest BCUT2D eigenvalue weighted by Crippen LogP contribution is 2.22. The van der Waals surface area contributed by atoms with E-state index in [0.717, 1.165) is 22.8 Å². The van der Waals surface area contributed by atoms with Gasteiger partial charge in [-0.2, -0.15) is 0 Å². The van der Waals surface area contributed by atoms with Gasteiger partial charge in [0.25, 0.3) is 0 Å². The number of aromatic nitrogens is 2. The summed E-state index contributed by atoms with van der Waals surface area (Å²) in [6.07, 6.45) is 1.52. The van der Waals surface area contributed by atoms with Crippen LogP contribution in [0.25, 0.3) is 0 Å². The molecule has 0 spiro atoms. The summed E-state index contributed by atoms with van der Waals surface area (Å²) in [7, 11) is 3.76. The second-order valence-electron chi connectivity index (χ2n) is 4.41. The molecular formula is C14H17FN4. The van der Waals surface area contributed by atoms with Crippen LogP contribution in [-0.4, -0.2) is 24.1 Å². The monoisotopic (exact) mass is 260 g/mol. The second-order valence-corrected chi connectivity index (χ2v) is 4.41. The number of benzene rings is 1. The molecule has 4 nitrogen and oxygen atoms in total. The predicted octanol–water partition coefficient (Wildman–Crippen LogP) is 2.60. The second kappa shape index (κ2) is 5.65. The quantitative estimate of drug-likeness (QED) is 0.917. The van der Waals surface area contributed by atoms with Crippen LogP contribution in [0.1, 0.15) is 11.1 Å². The van der Waals surface area contributed by atoms with Crippen molar-refractivity contribution in [1.29, 1.82) is 0 Å². The van der Waals surface area contributed by atoms with E-state index in [0.29, 0.717) is 6.54 Å². The minimum atomic E-state index is -0.221. The Labute approximate surface area is 112 Å². The van der Waals surface area contributed by atoms with Crippen molar-refractivity contribution in [2.24, 2.45) is 0 Å². The molecule has 0 saturated heterocycles. The van der Waals surface area contributed by atoms with E-state index in [1.807, 2.05) is 32.0 Å². The number of hydrogen-bond acceptors (Lipinski definition) is 4. The van der Waals surface area contributed by atoms with Crippen LogP contribution in [0.5, 0.6) is 0 Å². The van der Waals surface area contributed by atoms with Crippen molar-refractivity contribution in [2.45, 2.75) is 13.5 Å². The Bertz CT molecular complexity index is 571. The van der Waals surface area contributed by atoms with Gasteiger partial charge in [-0.15, -0.1) is 0 Å². The summed E-state index contributed by atoms with van der Waals surface area (Å²) >= 11 is 0. The highest BCUT2D eigenvalue weighted by atomic mass is 19.1. The first-order valence-corrected chi connectivity index (χ1v) is 6.06. The molecule has 0 aliphatic rings. The van der Waals surface area contributed by atoms with Gasteiger partial charge in [-0.25, -0.2) is 14.4 Å². The van der Waals surface area contributed by atoms with Gasteiger partial charge in [0.1, 0.15) is 23.8 Å². The lowest BCUT2D eigenvalue weighted by atomic mass is 10.2. The lowest BCUT2D eigenvalue weighted by Gasteiger charge is -2.21. The van der Waals surface area contributed by atoms with Crippen LogP contribution in [0.15, 0.2) is 30.6 Å². The van der Waals surface area contributed by atoms with Crippen molar-refractivity contribution in [1.82, 2.24) is 9.97 Å². The average Bonchev–Trinajstić information content (AvgIpc) is 2.39. The zero-order valence-electron chi connectivity index (χ0n) is 11.3. The highest BCUT2D eigenvalue weighted by molar-refractivity contribution is 5.57. The highest BCUT2D eigenvalue weighted by Gasteiger charge is 2.10. The molecule has 0 atom stereocenters. The lowest BCUT2D eigenvalue weighted by molar-refractivity contribution is 0.625. The molecule has 1 heterocycles. The molecule has 0 amide bonds. The van der Waals surface area contributed by atoms with Gasteiger partial charge in [-0.3, -0.25) is 0 Å². The van der Waals surface area contributed by atoms with E-state index in [9.17, 15) is 4.39 Å². The largest absolute Gasteiger partial charge is 0.373 e. The Morgan fingerprint density at radius 2 is 2.11 bits per heavy atom. The first kappa shape index (κ1) is 13.3. The molecule has 0 unspecified atom stereocenters. The summed E-state index contributed by atoms with van der Waals surface area (Å²) in [6, 6.07) is 6.59. The third-order valence-corrected chi connectivity index (χ3v) is 2.96. The van der Waals surface area contributed by atoms with Gasteiger partial charge in [0.2, 0.25) is 0 Å². The summed E-state index contributed by atoms with van der Waals surface area (Å²) in [5, 5.41) is 3.03. The molecule has 0 fully saturated rings. The van der Waals surface area contributed by atoms with Gasteiger partial charge in [0.15, 0.2) is 0 Å². The third kappa shape index (κ3) is 2.99. The Morgan fingerprint density at radius 1 is 1.32 bits per heavy atom. The zero-order chi connectivity index (χ0) is 13.8. The Hall–Kier alpha value is -2.17. The minimum absolute atomic E-state index is 0.221. The van der Waals surface area contributed by atoms with Gasteiger partial charge in [-0.1, -0.05) is 12.1 Å². The number of halogens is 1. The molecule has 5 heteroatoms. The van der Waals surface area contributed by atoms with Crippen molar-refractivity contribution in [2.75, 3.05) is 24.3 Å². The standard InChI is InChI=1S/C14H17FN4/c1-10-13(16-2)17-9-18-14(10)19(3)8-11-5-4-6-12(15)7-11/h4-7,9H,8H2,1-3H3,(H,16,17,18). The normalized spacial score (nSPS) is 10.3. The number of nitrogens with zero attached hydrogens (tertiary/aromatic N) is 3. The van der Waals surface area contributed by atoms with E-state index >= 15 is 0 Å².